The topological polar surface area (TPSA) is 121 Å². The molecule has 1 aromatic carbocycles. The first kappa shape index (κ1) is 21.5. The summed E-state index contributed by atoms with van der Waals surface area (Å²) in [6, 6.07) is 9.73. The lowest BCUT2D eigenvalue weighted by Crippen LogP contribution is -2.43. The fourth-order valence-corrected chi connectivity index (χ4v) is 7.11. The van der Waals surface area contributed by atoms with Crippen LogP contribution in [-0.4, -0.2) is 42.6 Å². The lowest BCUT2D eigenvalue weighted by Gasteiger charge is -2.36. The average Bonchev–Trinajstić information content (AvgIpc) is 3.31. The highest BCUT2D eigenvalue weighted by Crippen LogP contribution is 2.64. The number of hydrogen-bond acceptors (Lipinski definition) is 5. The van der Waals surface area contributed by atoms with Crippen LogP contribution < -0.4 is 10.0 Å². The Bertz CT molecular complexity index is 1090. The SMILES string of the molecule is CC1(C)C2CC[C@@]1(CS(=O)(=O)Nc1c[nH]nc1C(=O)NCCc1ccccc1)C(=O)C2. The Morgan fingerprint density at radius 3 is 2.65 bits per heavy atom. The van der Waals surface area contributed by atoms with E-state index in [0.29, 0.717) is 25.8 Å². The van der Waals surface area contributed by atoms with Crippen LogP contribution in [-0.2, 0) is 21.2 Å². The number of anilines is 1. The summed E-state index contributed by atoms with van der Waals surface area (Å²) in [6.45, 7) is 4.39. The highest BCUT2D eigenvalue weighted by atomic mass is 32.2. The van der Waals surface area contributed by atoms with Crippen LogP contribution in [0.25, 0.3) is 0 Å². The summed E-state index contributed by atoms with van der Waals surface area (Å²) in [6.07, 6.45) is 3.90. The standard InChI is InChI=1S/C22H28N4O4S/c1-21(2)16-8-10-22(21,18(27)12-16)14-31(29,30)26-17-13-24-25-19(17)20(28)23-11-9-15-6-4-3-5-7-15/h3-7,13,16,26H,8-12,14H2,1-2H3,(H,23,28)(H,24,25)/t16?,22-/m1/s1. The van der Waals surface area contributed by atoms with Gasteiger partial charge in [-0.15, -0.1) is 0 Å². The lowest BCUT2D eigenvalue weighted by atomic mass is 9.70. The molecule has 0 radical (unpaired) electrons. The van der Waals surface area contributed by atoms with E-state index in [2.05, 4.69) is 20.2 Å². The monoisotopic (exact) mass is 444 g/mol. The van der Waals surface area contributed by atoms with Gasteiger partial charge in [-0.05, 0) is 36.2 Å². The Labute approximate surface area is 182 Å². The number of hydrogen-bond donors (Lipinski definition) is 3. The van der Waals surface area contributed by atoms with E-state index in [1.807, 2.05) is 44.2 Å². The maximum absolute atomic E-state index is 13.0. The molecule has 2 aliphatic carbocycles. The van der Waals surface area contributed by atoms with Crippen molar-refractivity contribution in [3.05, 3.63) is 47.8 Å². The van der Waals surface area contributed by atoms with Crippen LogP contribution in [0.3, 0.4) is 0 Å². The second kappa shape index (κ2) is 7.78. The molecule has 0 spiro atoms. The molecular formula is C22H28N4O4S. The third-order valence-corrected chi connectivity index (χ3v) is 8.64. The first-order valence-electron chi connectivity index (χ1n) is 10.5. The fraction of sp³-hybridized carbons (Fsp3) is 0.500. The maximum atomic E-state index is 13.0. The predicted octanol–water partition coefficient (Wildman–Crippen LogP) is 2.52. The van der Waals surface area contributed by atoms with Gasteiger partial charge in [-0.1, -0.05) is 44.2 Å². The smallest absolute Gasteiger partial charge is 0.273 e. The van der Waals surface area contributed by atoms with Gasteiger partial charge in [0.1, 0.15) is 5.78 Å². The van der Waals surface area contributed by atoms with E-state index in [-0.39, 0.29) is 34.3 Å². The fourth-order valence-electron chi connectivity index (χ4n) is 5.23. The number of aromatic nitrogens is 2. The Morgan fingerprint density at radius 2 is 2.00 bits per heavy atom. The molecule has 166 valence electrons. The number of nitrogens with one attached hydrogen (secondary N) is 3. The van der Waals surface area contributed by atoms with Crippen LogP contribution in [0.2, 0.25) is 0 Å². The average molecular weight is 445 g/mol. The minimum atomic E-state index is -3.87. The Morgan fingerprint density at radius 1 is 1.26 bits per heavy atom. The van der Waals surface area contributed by atoms with Gasteiger partial charge in [-0.2, -0.15) is 5.10 Å². The molecular weight excluding hydrogens is 416 g/mol. The molecule has 1 aromatic heterocycles. The van der Waals surface area contributed by atoms with Crippen LogP contribution >= 0.6 is 0 Å². The zero-order valence-corrected chi connectivity index (χ0v) is 18.6. The molecule has 2 fully saturated rings. The summed E-state index contributed by atoms with van der Waals surface area (Å²) in [5.74, 6) is -0.478. The van der Waals surface area contributed by atoms with E-state index in [9.17, 15) is 18.0 Å². The molecule has 2 aliphatic rings. The number of ketones is 1. The van der Waals surface area contributed by atoms with Gasteiger partial charge in [0.25, 0.3) is 5.91 Å². The van der Waals surface area contributed by atoms with Crippen molar-refractivity contribution in [2.75, 3.05) is 17.0 Å². The molecule has 2 bridgehead atoms. The van der Waals surface area contributed by atoms with Gasteiger partial charge in [-0.25, -0.2) is 8.42 Å². The van der Waals surface area contributed by atoms with Gasteiger partial charge >= 0.3 is 0 Å². The zero-order valence-electron chi connectivity index (χ0n) is 17.8. The molecule has 1 unspecified atom stereocenters. The van der Waals surface area contributed by atoms with Gasteiger partial charge in [-0.3, -0.25) is 19.4 Å². The van der Waals surface area contributed by atoms with E-state index in [0.717, 1.165) is 12.0 Å². The van der Waals surface area contributed by atoms with Crippen LogP contribution in [0.5, 0.6) is 0 Å². The minimum absolute atomic E-state index is 0.0181. The van der Waals surface area contributed by atoms with Crippen LogP contribution in [0.1, 0.15) is 49.2 Å². The van der Waals surface area contributed by atoms with Crippen molar-refractivity contribution in [3.63, 3.8) is 0 Å². The van der Waals surface area contributed by atoms with Crippen molar-refractivity contribution in [1.82, 2.24) is 15.5 Å². The predicted molar refractivity (Wildman–Crippen MR) is 117 cm³/mol. The minimum Gasteiger partial charge on any atom is -0.350 e. The summed E-state index contributed by atoms with van der Waals surface area (Å²) in [7, 11) is -3.87. The molecule has 2 aromatic rings. The summed E-state index contributed by atoms with van der Waals surface area (Å²) in [4.78, 5) is 25.2. The third kappa shape index (κ3) is 3.86. The summed E-state index contributed by atoms with van der Waals surface area (Å²) < 4.78 is 28.5. The van der Waals surface area contributed by atoms with Gasteiger partial charge in [0, 0.05) is 19.2 Å². The first-order chi connectivity index (χ1) is 14.6. The molecule has 9 heteroatoms. The number of Topliss-reactive ketones (excluding diaryl/α,β-unsaturated/α-hetero) is 1. The van der Waals surface area contributed by atoms with Crippen LogP contribution in [0.4, 0.5) is 5.69 Å². The van der Waals surface area contributed by atoms with Gasteiger partial charge < -0.3 is 5.32 Å². The second-order valence-corrected chi connectivity index (χ2v) is 10.9. The molecule has 2 atom stereocenters. The van der Waals surface area contributed by atoms with Crippen molar-refractivity contribution < 1.29 is 18.0 Å². The van der Waals surface area contributed by atoms with Gasteiger partial charge in [0.2, 0.25) is 10.0 Å². The lowest BCUT2D eigenvalue weighted by molar-refractivity contribution is -0.128. The number of H-pyrrole nitrogens is 1. The van der Waals surface area contributed by atoms with E-state index in [4.69, 9.17) is 0 Å². The number of nitrogens with zero attached hydrogens (tertiary/aromatic N) is 1. The van der Waals surface area contributed by atoms with Crippen molar-refractivity contribution in [2.45, 2.75) is 39.5 Å². The third-order valence-electron chi connectivity index (χ3n) is 7.24. The summed E-state index contributed by atoms with van der Waals surface area (Å²) >= 11 is 0. The quantitative estimate of drug-likeness (QED) is 0.578. The van der Waals surface area contributed by atoms with E-state index < -0.39 is 21.3 Å². The molecule has 1 amide bonds. The summed E-state index contributed by atoms with van der Waals surface area (Å²) in [5, 5.41) is 9.24. The number of aromatic amines is 1. The Balaban J connectivity index is 1.43. The number of carbonyl (C=O) groups excluding carboxylic acids is 2. The van der Waals surface area contributed by atoms with Crippen LogP contribution in [0, 0.1) is 16.7 Å². The largest absolute Gasteiger partial charge is 0.350 e. The number of carbonyl (C=O) groups is 2. The highest BCUT2D eigenvalue weighted by Gasteiger charge is 2.65. The first-order valence-corrected chi connectivity index (χ1v) is 12.2. The molecule has 2 saturated carbocycles. The number of amides is 1. The Hall–Kier alpha value is -2.68. The number of benzene rings is 1. The molecule has 4 rings (SSSR count). The van der Waals surface area contributed by atoms with Gasteiger partial charge in [0.15, 0.2) is 5.69 Å². The maximum Gasteiger partial charge on any atom is 0.273 e. The van der Waals surface area contributed by atoms with Crippen molar-refractivity contribution in [2.24, 2.45) is 16.7 Å². The van der Waals surface area contributed by atoms with Crippen molar-refractivity contribution in [3.8, 4) is 0 Å². The molecule has 0 aliphatic heterocycles. The molecule has 31 heavy (non-hydrogen) atoms. The number of fused-ring (bicyclic) bond motifs is 2. The van der Waals surface area contributed by atoms with Gasteiger partial charge in [0.05, 0.1) is 16.9 Å². The molecule has 8 nitrogen and oxygen atoms in total. The van der Waals surface area contributed by atoms with Crippen LogP contribution in [0.15, 0.2) is 36.5 Å². The Kier molecular flexibility index (Phi) is 5.41. The normalized spacial score (nSPS) is 24.3. The number of sulfonamides is 1. The number of rotatable bonds is 8. The van der Waals surface area contributed by atoms with E-state index >= 15 is 0 Å². The second-order valence-electron chi connectivity index (χ2n) is 9.17. The molecule has 1 heterocycles. The van der Waals surface area contributed by atoms with E-state index in [1.54, 1.807) is 0 Å². The highest BCUT2D eigenvalue weighted by molar-refractivity contribution is 7.92. The molecule has 0 saturated heterocycles. The summed E-state index contributed by atoms with van der Waals surface area (Å²) in [5.41, 5.74) is -0.0661. The van der Waals surface area contributed by atoms with Crippen molar-refractivity contribution in [1.29, 1.82) is 0 Å². The van der Waals surface area contributed by atoms with Crippen molar-refractivity contribution >= 4 is 27.4 Å². The molecule has 3 N–H and O–H groups in total. The zero-order chi connectivity index (χ0) is 22.3. The van der Waals surface area contributed by atoms with E-state index in [1.165, 1.54) is 6.20 Å².